The molecule has 0 aliphatic heterocycles. The van der Waals surface area contributed by atoms with Gasteiger partial charge in [-0.05, 0) is 19.8 Å². The van der Waals surface area contributed by atoms with E-state index in [-0.39, 0.29) is 5.97 Å². The van der Waals surface area contributed by atoms with E-state index in [1.54, 1.807) is 20.2 Å². The summed E-state index contributed by atoms with van der Waals surface area (Å²) in [7, 11) is 1.64. The van der Waals surface area contributed by atoms with E-state index in [1.807, 2.05) is 0 Å². The zero-order chi connectivity index (χ0) is 15.1. The molecule has 0 saturated heterocycles. The quantitative estimate of drug-likeness (QED) is 0.510. The Morgan fingerprint density at radius 1 is 1.33 bits per heavy atom. The first kappa shape index (κ1) is 15.9. The third kappa shape index (κ3) is 4.75. The summed E-state index contributed by atoms with van der Waals surface area (Å²) in [5.41, 5.74) is 1.33. The van der Waals surface area contributed by atoms with E-state index in [0.29, 0.717) is 50.2 Å². The lowest BCUT2D eigenvalue weighted by molar-refractivity contribution is 0.0523. The molecule has 1 aliphatic carbocycles. The topological polar surface area (TPSA) is 70.5 Å². The van der Waals surface area contributed by atoms with Gasteiger partial charge in [0.15, 0.2) is 0 Å². The van der Waals surface area contributed by atoms with Crippen LogP contribution >= 0.6 is 0 Å². The van der Waals surface area contributed by atoms with E-state index in [0.717, 1.165) is 18.5 Å². The van der Waals surface area contributed by atoms with Gasteiger partial charge in [-0.1, -0.05) is 0 Å². The molecule has 1 saturated carbocycles. The van der Waals surface area contributed by atoms with E-state index >= 15 is 0 Å². The van der Waals surface area contributed by atoms with Crippen molar-refractivity contribution < 1.29 is 19.0 Å². The Labute approximate surface area is 124 Å². The molecular formula is C15H22N2O4. The molecule has 1 aromatic rings. The molecule has 6 nitrogen and oxygen atoms in total. The number of ether oxygens (including phenoxy) is 3. The molecule has 0 amide bonds. The predicted octanol–water partition coefficient (Wildman–Crippen LogP) is 1.74. The molecule has 1 heterocycles. The average molecular weight is 294 g/mol. The molecule has 0 spiro atoms. The number of rotatable bonds is 9. The van der Waals surface area contributed by atoms with E-state index in [9.17, 15) is 4.79 Å². The Hall–Kier alpha value is -1.53. The van der Waals surface area contributed by atoms with Crippen molar-refractivity contribution in [2.75, 3.05) is 33.5 Å². The van der Waals surface area contributed by atoms with Gasteiger partial charge in [-0.3, -0.25) is 0 Å². The highest BCUT2D eigenvalue weighted by molar-refractivity contribution is 5.90. The molecule has 1 aliphatic rings. The van der Waals surface area contributed by atoms with Crippen LogP contribution in [0.25, 0.3) is 0 Å². The maximum atomic E-state index is 11.9. The number of carbonyl (C=O) groups excluding carboxylic acids is 1. The van der Waals surface area contributed by atoms with Crippen molar-refractivity contribution in [3.05, 3.63) is 23.3 Å². The Morgan fingerprint density at radius 2 is 2.14 bits per heavy atom. The second kappa shape index (κ2) is 8.05. The van der Waals surface area contributed by atoms with E-state index in [4.69, 9.17) is 14.2 Å². The first-order chi connectivity index (χ1) is 10.3. The van der Waals surface area contributed by atoms with Gasteiger partial charge in [-0.25, -0.2) is 14.8 Å². The van der Waals surface area contributed by atoms with Gasteiger partial charge < -0.3 is 14.2 Å². The van der Waals surface area contributed by atoms with Crippen molar-refractivity contribution in [3.8, 4) is 0 Å². The third-order valence-electron chi connectivity index (χ3n) is 3.23. The first-order valence-electron chi connectivity index (χ1n) is 7.35. The van der Waals surface area contributed by atoms with Crippen LogP contribution in [0.3, 0.4) is 0 Å². The van der Waals surface area contributed by atoms with Gasteiger partial charge in [-0.15, -0.1) is 0 Å². The Kier molecular flexibility index (Phi) is 6.07. The van der Waals surface area contributed by atoms with Crippen LogP contribution in [0.15, 0.2) is 6.20 Å². The van der Waals surface area contributed by atoms with Crippen LogP contribution in [-0.2, 0) is 20.6 Å². The minimum atomic E-state index is -0.331. The number of hydrogen-bond acceptors (Lipinski definition) is 6. The fourth-order valence-corrected chi connectivity index (χ4v) is 2.00. The molecule has 6 heteroatoms. The standard InChI is InChI=1S/C15H22N2O4/c1-3-21-15(18)12-10-16-13(6-7-20-9-8-19-2)17-14(12)11-4-5-11/h10-11H,3-9H2,1-2H3. The second-order valence-electron chi connectivity index (χ2n) is 4.94. The fraction of sp³-hybridized carbons (Fsp3) is 0.667. The summed E-state index contributed by atoms with van der Waals surface area (Å²) in [5, 5.41) is 0. The van der Waals surface area contributed by atoms with Gasteiger partial charge in [-0.2, -0.15) is 0 Å². The normalized spacial score (nSPS) is 14.2. The Bertz CT molecular complexity index is 475. The van der Waals surface area contributed by atoms with Crippen LogP contribution in [0.4, 0.5) is 0 Å². The maximum absolute atomic E-state index is 11.9. The molecule has 0 N–H and O–H groups in total. The molecule has 1 aromatic heterocycles. The van der Waals surface area contributed by atoms with Crippen LogP contribution in [0, 0.1) is 0 Å². The average Bonchev–Trinajstić information content (AvgIpc) is 3.32. The van der Waals surface area contributed by atoms with Crippen LogP contribution in [0.2, 0.25) is 0 Å². The SMILES string of the molecule is CCOC(=O)c1cnc(CCOCCOC)nc1C1CC1. The van der Waals surface area contributed by atoms with Crippen molar-refractivity contribution in [1.29, 1.82) is 0 Å². The molecule has 0 bridgehead atoms. The van der Waals surface area contributed by atoms with Crippen molar-refractivity contribution in [2.45, 2.75) is 32.1 Å². The van der Waals surface area contributed by atoms with Crippen LogP contribution in [0.5, 0.6) is 0 Å². The first-order valence-corrected chi connectivity index (χ1v) is 7.35. The molecule has 0 atom stereocenters. The van der Waals surface area contributed by atoms with Crippen molar-refractivity contribution in [2.24, 2.45) is 0 Å². The number of methoxy groups -OCH3 is 1. The Balaban J connectivity index is 1.97. The zero-order valence-electron chi connectivity index (χ0n) is 12.6. The van der Waals surface area contributed by atoms with Gasteiger partial charge in [0.25, 0.3) is 0 Å². The summed E-state index contributed by atoms with van der Waals surface area (Å²) in [6.07, 6.45) is 4.37. The lowest BCUT2D eigenvalue weighted by Gasteiger charge is -2.09. The smallest absolute Gasteiger partial charge is 0.341 e. The van der Waals surface area contributed by atoms with Gasteiger partial charge in [0.05, 0.1) is 37.7 Å². The van der Waals surface area contributed by atoms with Crippen molar-refractivity contribution in [1.82, 2.24) is 9.97 Å². The summed E-state index contributed by atoms with van der Waals surface area (Å²) in [6.45, 7) is 3.84. The second-order valence-corrected chi connectivity index (χ2v) is 4.94. The van der Waals surface area contributed by atoms with Gasteiger partial charge in [0, 0.05) is 25.6 Å². The van der Waals surface area contributed by atoms with Gasteiger partial charge >= 0.3 is 5.97 Å². The largest absolute Gasteiger partial charge is 0.462 e. The monoisotopic (exact) mass is 294 g/mol. The van der Waals surface area contributed by atoms with Crippen molar-refractivity contribution >= 4 is 5.97 Å². The molecule has 2 rings (SSSR count). The summed E-state index contributed by atoms with van der Waals surface area (Å²) in [4.78, 5) is 20.7. The zero-order valence-corrected chi connectivity index (χ0v) is 12.6. The lowest BCUT2D eigenvalue weighted by Crippen LogP contribution is -2.13. The predicted molar refractivity (Wildman–Crippen MR) is 76.4 cm³/mol. The highest BCUT2D eigenvalue weighted by Gasteiger charge is 2.30. The summed E-state index contributed by atoms with van der Waals surface area (Å²) >= 11 is 0. The van der Waals surface area contributed by atoms with Crippen LogP contribution in [0.1, 0.15) is 47.6 Å². The third-order valence-corrected chi connectivity index (χ3v) is 3.23. The number of aromatic nitrogens is 2. The van der Waals surface area contributed by atoms with Crippen molar-refractivity contribution in [3.63, 3.8) is 0 Å². The molecule has 0 aromatic carbocycles. The Morgan fingerprint density at radius 3 is 2.81 bits per heavy atom. The summed E-state index contributed by atoms with van der Waals surface area (Å²) in [5.74, 6) is 0.755. The van der Waals surface area contributed by atoms with E-state index in [2.05, 4.69) is 9.97 Å². The minimum Gasteiger partial charge on any atom is -0.462 e. The van der Waals surface area contributed by atoms with E-state index in [1.165, 1.54) is 0 Å². The molecule has 21 heavy (non-hydrogen) atoms. The number of nitrogens with zero attached hydrogens (tertiary/aromatic N) is 2. The molecule has 0 unspecified atom stereocenters. The van der Waals surface area contributed by atoms with Crippen LogP contribution in [-0.4, -0.2) is 49.5 Å². The number of esters is 1. The lowest BCUT2D eigenvalue weighted by atomic mass is 10.1. The molecule has 0 radical (unpaired) electrons. The summed E-state index contributed by atoms with van der Waals surface area (Å²) < 4.78 is 15.4. The molecule has 1 fully saturated rings. The fourth-order valence-electron chi connectivity index (χ4n) is 2.00. The number of hydrogen-bond donors (Lipinski definition) is 0. The molecule has 116 valence electrons. The van der Waals surface area contributed by atoms with Gasteiger partial charge in [0.2, 0.25) is 0 Å². The minimum absolute atomic E-state index is 0.331. The summed E-state index contributed by atoms with van der Waals surface area (Å²) in [6, 6.07) is 0. The highest BCUT2D eigenvalue weighted by Crippen LogP contribution is 2.40. The van der Waals surface area contributed by atoms with Crippen LogP contribution < -0.4 is 0 Å². The highest BCUT2D eigenvalue weighted by atomic mass is 16.5. The number of carbonyl (C=O) groups is 1. The maximum Gasteiger partial charge on any atom is 0.341 e. The van der Waals surface area contributed by atoms with Gasteiger partial charge in [0.1, 0.15) is 5.82 Å². The van der Waals surface area contributed by atoms with E-state index < -0.39 is 0 Å². The molecular weight excluding hydrogens is 272 g/mol.